The number of nitrogens with zero attached hydrogens (tertiary/aromatic N) is 1. The molecule has 1 aliphatic rings. The van der Waals surface area contributed by atoms with E-state index in [1.807, 2.05) is 38.3 Å². The number of aromatic nitrogens is 1. The quantitative estimate of drug-likeness (QED) is 0.817. The lowest BCUT2D eigenvalue weighted by Crippen LogP contribution is -2.32. The van der Waals surface area contributed by atoms with Gasteiger partial charge in [-0.3, -0.25) is 0 Å². The summed E-state index contributed by atoms with van der Waals surface area (Å²) in [7, 11) is 0. The largest absolute Gasteiger partial charge is 0.444 e. The van der Waals surface area contributed by atoms with Crippen molar-refractivity contribution in [3.05, 3.63) is 44.9 Å². The zero-order valence-corrected chi connectivity index (χ0v) is 15.3. The summed E-state index contributed by atoms with van der Waals surface area (Å²) in [4.78, 5) is 16.2. The van der Waals surface area contributed by atoms with E-state index in [4.69, 9.17) is 4.74 Å². The Kier molecular flexibility index (Phi) is 5.58. The number of ether oxygens (including phenoxy) is 1. The second kappa shape index (κ2) is 7.24. The van der Waals surface area contributed by atoms with Crippen molar-refractivity contribution in [1.82, 2.24) is 10.3 Å². The highest BCUT2D eigenvalue weighted by Gasteiger charge is 2.16. The normalized spacial score (nSPS) is 14.9. The van der Waals surface area contributed by atoms with E-state index in [9.17, 15) is 4.79 Å². The molecule has 0 aliphatic heterocycles. The number of carbonyl (C=O) groups excluding carboxylic acids is 1. The molecule has 0 radical (unpaired) electrons. The summed E-state index contributed by atoms with van der Waals surface area (Å²) in [6, 6.07) is 0. The third-order valence-electron chi connectivity index (χ3n) is 2.67. The van der Waals surface area contributed by atoms with Crippen LogP contribution in [0.2, 0.25) is 0 Å². The average molecular weight is 383 g/mol. The number of allylic oxidation sites excluding steroid dienone is 6. The van der Waals surface area contributed by atoms with Gasteiger partial charge in [0, 0.05) is 11.0 Å². The standard InChI is InChI=1S/C16H19BrN2O2S/c1-16(2,3)21-15(20)18-9-14-19-13(10-22-14)11-6-4-5-7-12(17)8-11/h4-6,8,10H,7,9H2,1-3H3,(H,18,20). The first-order chi connectivity index (χ1) is 10.3. The Balaban J connectivity index is 1.97. The number of hydrogen-bond donors (Lipinski definition) is 1. The zero-order valence-electron chi connectivity index (χ0n) is 12.9. The molecule has 0 fully saturated rings. The molecule has 22 heavy (non-hydrogen) atoms. The van der Waals surface area contributed by atoms with Crippen molar-refractivity contribution in [3.8, 4) is 0 Å². The number of amides is 1. The molecule has 2 rings (SSSR count). The summed E-state index contributed by atoms with van der Waals surface area (Å²) in [5.74, 6) is 0. The Hall–Kier alpha value is -1.40. The Morgan fingerprint density at radius 1 is 1.50 bits per heavy atom. The van der Waals surface area contributed by atoms with E-state index in [0.29, 0.717) is 6.54 Å². The van der Waals surface area contributed by atoms with Crippen LogP contribution in [0.4, 0.5) is 4.79 Å². The predicted octanol–water partition coefficient (Wildman–Crippen LogP) is 4.79. The highest BCUT2D eigenvalue weighted by Crippen LogP contribution is 2.25. The van der Waals surface area contributed by atoms with Crippen molar-refractivity contribution in [3.63, 3.8) is 0 Å². The molecule has 1 amide bonds. The van der Waals surface area contributed by atoms with Crippen LogP contribution in [0.5, 0.6) is 0 Å². The van der Waals surface area contributed by atoms with E-state index in [1.165, 1.54) is 11.3 Å². The Morgan fingerprint density at radius 3 is 3.00 bits per heavy atom. The van der Waals surface area contributed by atoms with Crippen LogP contribution in [-0.4, -0.2) is 16.7 Å². The molecule has 0 spiro atoms. The second-order valence-electron chi connectivity index (χ2n) is 5.83. The van der Waals surface area contributed by atoms with E-state index in [2.05, 4.69) is 38.4 Å². The van der Waals surface area contributed by atoms with Crippen molar-refractivity contribution in [1.29, 1.82) is 0 Å². The van der Waals surface area contributed by atoms with Gasteiger partial charge in [-0.25, -0.2) is 9.78 Å². The smallest absolute Gasteiger partial charge is 0.408 e. The summed E-state index contributed by atoms with van der Waals surface area (Å²) in [6.07, 6.45) is 8.68. The minimum absolute atomic E-state index is 0.369. The topological polar surface area (TPSA) is 51.2 Å². The fourth-order valence-electron chi connectivity index (χ4n) is 1.77. The molecule has 0 unspecified atom stereocenters. The minimum Gasteiger partial charge on any atom is -0.444 e. The molecule has 1 aromatic rings. The van der Waals surface area contributed by atoms with Gasteiger partial charge in [-0.15, -0.1) is 11.3 Å². The number of nitrogens with one attached hydrogen (secondary N) is 1. The molecule has 1 N–H and O–H groups in total. The maximum Gasteiger partial charge on any atom is 0.408 e. The van der Waals surface area contributed by atoms with Crippen LogP contribution in [-0.2, 0) is 11.3 Å². The second-order valence-corrected chi connectivity index (χ2v) is 7.79. The van der Waals surface area contributed by atoms with E-state index < -0.39 is 11.7 Å². The summed E-state index contributed by atoms with van der Waals surface area (Å²) in [6.45, 7) is 5.88. The average Bonchev–Trinajstić information content (AvgIpc) is 2.77. The molecule has 6 heteroatoms. The fourth-order valence-corrected chi connectivity index (χ4v) is 2.95. The number of halogens is 1. The van der Waals surface area contributed by atoms with Crippen LogP contribution < -0.4 is 5.32 Å². The molecule has 0 bridgehead atoms. The molecule has 1 heterocycles. The zero-order chi connectivity index (χ0) is 16.2. The number of rotatable bonds is 3. The van der Waals surface area contributed by atoms with Crippen molar-refractivity contribution >= 4 is 38.9 Å². The lowest BCUT2D eigenvalue weighted by molar-refractivity contribution is 0.0523. The first-order valence-corrected chi connectivity index (χ1v) is 8.65. The molecule has 0 aromatic carbocycles. The van der Waals surface area contributed by atoms with Crippen molar-refractivity contribution in [2.45, 2.75) is 39.3 Å². The molecule has 0 atom stereocenters. The van der Waals surface area contributed by atoms with Gasteiger partial charge in [-0.2, -0.15) is 0 Å². The van der Waals surface area contributed by atoms with Crippen molar-refractivity contribution in [2.75, 3.05) is 0 Å². The SMILES string of the molecule is CC(C)(C)OC(=O)NCc1nc(C2=CC=CCC(Br)=C2)cs1. The first-order valence-electron chi connectivity index (χ1n) is 6.98. The minimum atomic E-state index is -0.493. The number of carbonyl (C=O) groups is 1. The monoisotopic (exact) mass is 382 g/mol. The van der Waals surface area contributed by atoms with Gasteiger partial charge in [0.2, 0.25) is 0 Å². The van der Waals surface area contributed by atoms with Crippen LogP contribution in [0, 0.1) is 0 Å². The van der Waals surface area contributed by atoms with Crippen molar-refractivity contribution in [2.24, 2.45) is 0 Å². The van der Waals surface area contributed by atoms with Crippen LogP contribution in [0.1, 0.15) is 37.9 Å². The maximum absolute atomic E-state index is 11.6. The first kappa shape index (κ1) is 17.0. The third kappa shape index (κ3) is 5.42. The van der Waals surface area contributed by atoms with Crippen LogP contribution in [0.15, 0.2) is 34.2 Å². The molecule has 1 aromatic heterocycles. The lowest BCUT2D eigenvalue weighted by Gasteiger charge is -2.19. The Bertz CT molecular complexity index is 639. The molecular weight excluding hydrogens is 364 g/mol. The van der Waals surface area contributed by atoms with Gasteiger partial charge in [-0.05, 0) is 37.8 Å². The van der Waals surface area contributed by atoms with Crippen LogP contribution in [0.25, 0.3) is 5.57 Å². The van der Waals surface area contributed by atoms with Crippen LogP contribution in [0.3, 0.4) is 0 Å². The summed E-state index contributed by atoms with van der Waals surface area (Å²) < 4.78 is 6.32. The molecular formula is C16H19BrN2O2S. The van der Waals surface area contributed by atoms with Gasteiger partial charge in [0.05, 0.1) is 12.2 Å². The third-order valence-corrected chi connectivity index (χ3v) is 4.07. The maximum atomic E-state index is 11.6. The van der Waals surface area contributed by atoms with E-state index in [0.717, 1.165) is 27.2 Å². The Morgan fingerprint density at radius 2 is 2.27 bits per heavy atom. The van der Waals surface area contributed by atoms with Gasteiger partial charge in [-0.1, -0.05) is 34.2 Å². The molecule has 0 saturated carbocycles. The van der Waals surface area contributed by atoms with Gasteiger partial charge >= 0.3 is 6.09 Å². The number of hydrogen-bond acceptors (Lipinski definition) is 4. The molecule has 118 valence electrons. The lowest BCUT2D eigenvalue weighted by atomic mass is 10.2. The highest BCUT2D eigenvalue weighted by molar-refractivity contribution is 9.11. The van der Waals surface area contributed by atoms with Crippen LogP contribution >= 0.6 is 27.3 Å². The molecule has 4 nitrogen and oxygen atoms in total. The molecule has 0 saturated heterocycles. The number of thiazole rings is 1. The predicted molar refractivity (Wildman–Crippen MR) is 93.9 cm³/mol. The number of alkyl carbamates (subject to hydrolysis) is 1. The molecule has 1 aliphatic carbocycles. The fraction of sp³-hybridized carbons (Fsp3) is 0.375. The summed E-state index contributed by atoms with van der Waals surface area (Å²) >= 11 is 5.05. The van der Waals surface area contributed by atoms with Gasteiger partial charge < -0.3 is 10.1 Å². The van der Waals surface area contributed by atoms with Gasteiger partial charge in [0.15, 0.2) is 0 Å². The van der Waals surface area contributed by atoms with Gasteiger partial charge in [0.1, 0.15) is 10.6 Å². The van der Waals surface area contributed by atoms with Gasteiger partial charge in [0.25, 0.3) is 0 Å². The van der Waals surface area contributed by atoms with Crippen molar-refractivity contribution < 1.29 is 9.53 Å². The summed E-state index contributed by atoms with van der Waals surface area (Å²) in [5.41, 5.74) is 1.47. The highest BCUT2D eigenvalue weighted by atomic mass is 79.9. The van der Waals surface area contributed by atoms with E-state index in [1.54, 1.807) is 0 Å². The van der Waals surface area contributed by atoms with E-state index in [-0.39, 0.29) is 0 Å². The van der Waals surface area contributed by atoms with E-state index >= 15 is 0 Å². The summed E-state index contributed by atoms with van der Waals surface area (Å²) in [5, 5.41) is 5.56. The Labute approximate surface area is 143 Å².